The van der Waals surface area contributed by atoms with E-state index in [9.17, 15) is 4.79 Å². The predicted octanol–water partition coefficient (Wildman–Crippen LogP) is 2.94. The molecular formula is C17H26N2OS. The van der Waals surface area contributed by atoms with Crippen LogP contribution in [0.3, 0.4) is 0 Å². The second kappa shape index (κ2) is 8.44. The molecule has 3 nitrogen and oxygen atoms in total. The molecule has 21 heavy (non-hydrogen) atoms. The Kier molecular flexibility index (Phi) is 6.58. The lowest BCUT2D eigenvalue weighted by Crippen LogP contribution is -2.42. The number of nitrogens with zero attached hydrogens (tertiary/aromatic N) is 1. The fourth-order valence-corrected chi connectivity index (χ4v) is 3.66. The van der Waals surface area contributed by atoms with Gasteiger partial charge < -0.3 is 10.2 Å². The Morgan fingerprint density at radius 2 is 2.00 bits per heavy atom. The first-order valence-corrected chi connectivity index (χ1v) is 9.12. The molecule has 1 aromatic carbocycles. The number of amides is 1. The summed E-state index contributed by atoms with van der Waals surface area (Å²) in [6, 6.07) is 10.1. The number of nitrogens with one attached hydrogen (secondary N) is 1. The van der Waals surface area contributed by atoms with Crippen molar-refractivity contribution < 1.29 is 4.79 Å². The van der Waals surface area contributed by atoms with Crippen molar-refractivity contribution in [2.75, 3.05) is 32.4 Å². The largest absolute Gasteiger partial charge is 0.341 e. The van der Waals surface area contributed by atoms with Gasteiger partial charge in [0.25, 0.3) is 0 Å². The minimum atomic E-state index is -0.0588. The van der Waals surface area contributed by atoms with Crippen LogP contribution in [0.15, 0.2) is 30.3 Å². The number of carbonyl (C=O) groups excluding carboxylic acids is 1. The number of hydrogen-bond acceptors (Lipinski definition) is 3. The highest BCUT2D eigenvalue weighted by atomic mass is 32.2. The van der Waals surface area contributed by atoms with Crippen LogP contribution in [-0.2, 0) is 4.79 Å². The van der Waals surface area contributed by atoms with Gasteiger partial charge in [-0.15, -0.1) is 11.8 Å². The van der Waals surface area contributed by atoms with Gasteiger partial charge in [0.15, 0.2) is 0 Å². The van der Waals surface area contributed by atoms with Gasteiger partial charge in [0.1, 0.15) is 5.25 Å². The van der Waals surface area contributed by atoms with Crippen LogP contribution in [0, 0.1) is 5.92 Å². The van der Waals surface area contributed by atoms with Gasteiger partial charge in [-0.2, -0.15) is 0 Å². The van der Waals surface area contributed by atoms with Gasteiger partial charge in [-0.3, -0.25) is 4.79 Å². The maximum atomic E-state index is 12.7. The highest BCUT2D eigenvalue weighted by molar-refractivity contribution is 7.99. The van der Waals surface area contributed by atoms with E-state index in [1.165, 1.54) is 0 Å². The molecule has 1 unspecified atom stereocenters. The van der Waals surface area contributed by atoms with Crippen LogP contribution < -0.4 is 5.32 Å². The van der Waals surface area contributed by atoms with E-state index >= 15 is 0 Å². The van der Waals surface area contributed by atoms with E-state index in [-0.39, 0.29) is 11.2 Å². The van der Waals surface area contributed by atoms with Gasteiger partial charge in [0, 0.05) is 13.1 Å². The molecule has 116 valence electrons. The third-order valence-corrected chi connectivity index (χ3v) is 5.12. The Morgan fingerprint density at radius 1 is 1.33 bits per heavy atom. The zero-order valence-electron chi connectivity index (χ0n) is 13.0. The van der Waals surface area contributed by atoms with Crippen molar-refractivity contribution in [2.24, 2.45) is 5.92 Å². The minimum absolute atomic E-state index is 0.0588. The van der Waals surface area contributed by atoms with Crippen LogP contribution in [-0.4, -0.2) is 43.2 Å². The highest BCUT2D eigenvalue weighted by Gasteiger charge is 2.28. The molecule has 1 heterocycles. The van der Waals surface area contributed by atoms with Crippen molar-refractivity contribution >= 4 is 17.7 Å². The predicted molar refractivity (Wildman–Crippen MR) is 90.5 cm³/mol. The Labute approximate surface area is 132 Å². The molecule has 4 heteroatoms. The summed E-state index contributed by atoms with van der Waals surface area (Å²) >= 11 is 1.64. The third kappa shape index (κ3) is 4.48. The zero-order valence-corrected chi connectivity index (χ0v) is 13.9. The number of hydrogen-bond donors (Lipinski definition) is 1. The summed E-state index contributed by atoms with van der Waals surface area (Å²) in [6.45, 7) is 6.06. The van der Waals surface area contributed by atoms with E-state index < -0.39 is 0 Å². The van der Waals surface area contributed by atoms with Gasteiger partial charge in [-0.25, -0.2) is 0 Å². The molecule has 0 aliphatic carbocycles. The summed E-state index contributed by atoms with van der Waals surface area (Å²) in [7, 11) is 0. The average molecular weight is 306 g/mol. The van der Waals surface area contributed by atoms with Crippen LogP contribution in [0.5, 0.6) is 0 Å². The molecule has 1 aliphatic heterocycles. The number of carbonyl (C=O) groups is 1. The molecular weight excluding hydrogens is 280 g/mol. The van der Waals surface area contributed by atoms with Crippen molar-refractivity contribution in [2.45, 2.75) is 25.0 Å². The fourth-order valence-electron chi connectivity index (χ4n) is 2.88. The second-order valence-corrected chi connectivity index (χ2v) is 6.55. The van der Waals surface area contributed by atoms with Crippen molar-refractivity contribution in [1.82, 2.24) is 10.2 Å². The summed E-state index contributed by atoms with van der Waals surface area (Å²) in [5.41, 5.74) is 1.12. The summed E-state index contributed by atoms with van der Waals surface area (Å²) in [4.78, 5) is 14.8. The van der Waals surface area contributed by atoms with E-state index in [0.29, 0.717) is 0 Å². The molecule has 0 radical (unpaired) electrons. The van der Waals surface area contributed by atoms with Crippen LogP contribution in [0.1, 0.15) is 30.6 Å². The van der Waals surface area contributed by atoms with Gasteiger partial charge >= 0.3 is 0 Å². The van der Waals surface area contributed by atoms with E-state index in [1.807, 2.05) is 24.5 Å². The first kappa shape index (κ1) is 16.4. The number of benzene rings is 1. The molecule has 1 saturated heterocycles. The number of likely N-dealkylation sites (tertiary alicyclic amines) is 1. The van der Waals surface area contributed by atoms with E-state index in [0.717, 1.165) is 50.5 Å². The van der Waals surface area contributed by atoms with E-state index in [1.54, 1.807) is 11.8 Å². The normalized spacial score (nSPS) is 17.7. The summed E-state index contributed by atoms with van der Waals surface area (Å²) in [5.74, 6) is 0.994. The average Bonchev–Trinajstić information content (AvgIpc) is 2.55. The quantitative estimate of drug-likeness (QED) is 0.877. The Hall–Kier alpha value is -1.00. The first-order chi connectivity index (χ1) is 10.3. The molecule has 0 bridgehead atoms. The molecule has 0 aromatic heterocycles. The van der Waals surface area contributed by atoms with Gasteiger partial charge in [0.05, 0.1) is 0 Å². The monoisotopic (exact) mass is 306 g/mol. The van der Waals surface area contributed by atoms with Crippen molar-refractivity contribution in [1.29, 1.82) is 0 Å². The fraction of sp³-hybridized carbons (Fsp3) is 0.588. The molecule has 1 amide bonds. The standard InChI is InChI=1S/C17H26N2OS/c1-3-18-13-14-9-11-19(12-10-14)17(20)16(21-2)15-7-5-4-6-8-15/h4-8,14,16,18H,3,9-13H2,1-2H3. The first-order valence-electron chi connectivity index (χ1n) is 7.83. The smallest absolute Gasteiger partial charge is 0.240 e. The van der Waals surface area contributed by atoms with Gasteiger partial charge in [0.2, 0.25) is 5.91 Å². The van der Waals surface area contributed by atoms with Gasteiger partial charge in [-0.05, 0) is 43.7 Å². The lowest BCUT2D eigenvalue weighted by atomic mass is 9.96. The number of thioether (sulfide) groups is 1. The summed E-state index contributed by atoms with van der Waals surface area (Å²) in [5, 5.41) is 3.36. The van der Waals surface area contributed by atoms with Crippen LogP contribution in [0.4, 0.5) is 0 Å². The minimum Gasteiger partial charge on any atom is -0.341 e. The Morgan fingerprint density at radius 3 is 2.57 bits per heavy atom. The van der Waals surface area contributed by atoms with Crippen LogP contribution >= 0.6 is 11.8 Å². The van der Waals surface area contributed by atoms with Crippen LogP contribution in [0.25, 0.3) is 0 Å². The van der Waals surface area contributed by atoms with Crippen LogP contribution in [0.2, 0.25) is 0 Å². The van der Waals surface area contributed by atoms with Crippen molar-refractivity contribution in [3.05, 3.63) is 35.9 Å². The SMILES string of the molecule is CCNCC1CCN(C(=O)C(SC)c2ccccc2)CC1. The van der Waals surface area contributed by atoms with Crippen molar-refractivity contribution in [3.8, 4) is 0 Å². The maximum absolute atomic E-state index is 12.7. The van der Waals surface area contributed by atoms with Crippen molar-refractivity contribution in [3.63, 3.8) is 0 Å². The highest BCUT2D eigenvalue weighted by Crippen LogP contribution is 2.30. The molecule has 1 aliphatic rings. The molecule has 2 rings (SSSR count). The lowest BCUT2D eigenvalue weighted by molar-refractivity contribution is -0.132. The maximum Gasteiger partial charge on any atom is 0.240 e. The summed E-state index contributed by atoms with van der Waals surface area (Å²) < 4.78 is 0. The van der Waals surface area contributed by atoms with E-state index in [2.05, 4.69) is 29.3 Å². The molecule has 1 aromatic rings. The number of rotatable bonds is 6. The van der Waals surface area contributed by atoms with E-state index in [4.69, 9.17) is 0 Å². The summed E-state index contributed by atoms with van der Waals surface area (Å²) in [6.07, 6.45) is 4.26. The zero-order chi connectivity index (χ0) is 15.1. The Bertz CT molecular complexity index is 430. The topological polar surface area (TPSA) is 32.3 Å². The van der Waals surface area contributed by atoms with Gasteiger partial charge in [-0.1, -0.05) is 37.3 Å². The third-order valence-electron chi connectivity index (χ3n) is 4.17. The molecule has 1 atom stereocenters. The molecule has 0 saturated carbocycles. The number of piperidine rings is 1. The Balaban J connectivity index is 1.91. The lowest BCUT2D eigenvalue weighted by Gasteiger charge is -2.34. The second-order valence-electron chi connectivity index (χ2n) is 5.60. The molecule has 1 N–H and O–H groups in total. The molecule has 0 spiro atoms. The molecule has 1 fully saturated rings.